The van der Waals surface area contributed by atoms with Crippen LogP contribution in [0.4, 0.5) is 4.79 Å². The van der Waals surface area contributed by atoms with Crippen LogP contribution in [0.15, 0.2) is 0 Å². The molecule has 1 saturated heterocycles. The first-order chi connectivity index (χ1) is 11.0. The Morgan fingerprint density at radius 2 is 1.71 bits per heavy atom. The van der Waals surface area contributed by atoms with Crippen molar-refractivity contribution < 1.29 is 14.7 Å². The minimum Gasteiger partial charge on any atom is -0.480 e. The third-order valence-corrected chi connectivity index (χ3v) is 5.18. The van der Waals surface area contributed by atoms with E-state index in [0.717, 1.165) is 38.9 Å². The Labute approximate surface area is 145 Å². The minimum absolute atomic E-state index is 0.0283. The van der Waals surface area contributed by atoms with E-state index in [2.05, 4.69) is 33.0 Å². The normalized spacial score (nSPS) is 28.3. The van der Waals surface area contributed by atoms with Crippen LogP contribution in [0, 0.1) is 10.8 Å². The Hall–Kier alpha value is -1.30. The lowest BCUT2D eigenvalue weighted by Crippen LogP contribution is -2.59. The smallest absolute Gasteiger partial charge is 0.317 e. The van der Waals surface area contributed by atoms with E-state index < -0.39 is 5.97 Å². The second-order valence-electron chi connectivity index (χ2n) is 9.09. The third-order valence-electron chi connectivity index (χ3n) is 5.18. The zero-order valence-electron chi connectivity index (χ0n) is 15.8. The van der Waals surface area contributed by atoms with E-state index in [4.69, 9.17) is 5.11 Å². The van der Waals surface area contributed by atoms with Gasteiger partial charge in [-0.1, -0.05) is 34.6 Å². The lowest BCUT2D eigenvalue weighted by atomic mass is 9.71. The van der Waals surface area contributed by atoms with Crippen molar-refractivity contribution in [2.24, 2.45) is 10.8 Å². The molecule has 2 amide bonds. The van der Waals surface area contributed by atoms with Gasteiger partial charge in [0.15, 0.2) is 0 Å². The maximum absolute atomic E-state index is 12.6. The second-order valence-corrected chi connectivity index (χ2v) is 9.09. The average Bonchev–Trinajstić information content (AvgIpc) is 2.36. The second kappa shape index (κ2) is 6.90. The highest BCUT2D eigenvalue weighted by Gasteiger charge is 2.41. The molecule has 0 aromatic rings. The lowest BCUT2D eigenvalue weighted by molar-refractivity contribution is -0.139. The van der Waals surface area contributed by atoms with E-state index in [-0.39, 0.29) is 35.5 Å². The van der Waals surface area contributed by atoms with Crippen molar-refractivity contribution in [3.8, 4) is 0 Å². The Bertz CT molecular complexity index is 468. The maximum Gasteiger partial charge on any atom is 0.317 e. The molecule has 2 rings (SSSR count). The van der Waals surface area contributed by atoms with Crippen LogP contribution in [0.2, 0.25) is 0 Å². The Balaban J connectivity index is 1.83. The molecule has 2 fully saturated rings. The topological polar surface area (TPSA) is 72.9 Å². The summed E-state index contributed by atoms with van der Waals surface area (Å²) in [6, 6.07) is 0.463. The highest BCUT2D eigenvalue weighted by Crippen LogP contribution is 2.39. The number of rotatable bonds is 5. The molecular weight excluding hydrogens is 306 g/mol. The first-order valence-electron chi connectivity index (χ1n) is 9.03. The summed E-state index contributed by atoms with van der Waals surface area (Å²) < 4.78 is 0. The molecule has 1 aliphatic carbocycles. The number of nitrogens with zero attached hydrogens (tertiary/aromatic N) is 2. The standard InChI is InChI=1S/C18H33N3O3/c1-6-20(9-15(22)23)14-7-13(8-14)19-16(24)21-11-17(2,3)10-18(4,5)12-21/h13-14H,6-12H2,1-5H3,(H,19,24)(H,22,23). The largest absolute Gasteiger partial charge is 0.480 e. The number of hydrogen-bond acceptors (Lipinski definition) is 3. The van der Waals surface area contributed by atoms with Gasteiger partial charge in [0.05, 0.1) is 6.54 Å². The number of aliphatic carboxylic acids is 1. The number of carboxylic acids is 1. The van der Waals surface area contributed by atoms with Gasteiger partial charge in [-0.15, -0.1) is 0 Å². The van der Waals surface area contributed by atoms with Crippen molar-refractivity contribution >= 4 is 12.0 Å². The molecule has 2 aliphatic rings. The first-order valence-corrected chi connectivity index (χ1v) is 9.03. The Morgan fingerprint density at radius 3 is 2.17 bits per heavy atom. The number of nitrogens with one attached hydrogen (secondary N) is 1. The summed E-state index contributed by atoms with van der Waals surface area (Å²) >= 11 is 0. The van der Waals surface area contributed by atoms with Crippen LogP contribution in [-0.2, 0) is 4.79 Å². The molecule has 0 aromatic carbocycles. The van der Waals surface area contributed by atoms with Gasteiger partial charge in [0.25, 0.3) is 0 Å². The molecule has 0 bridgehead atoms. The van der Waals surface area contributed by atoms with E-state index in [1.165, 1.54) is 0 Å². The molecule has 1 heterocycles. The number of amides is 2. The van der Waals surface area contributed by atoms with Crippen molar-refractivity contribution in [2.45, 2.75) is 66.0 Å². The van der Waals surface area contributed by atoms with Crippen LogP contribution in [0.5, 0.6) is 0 Å². The summed E-state index contributed by atoms with van der Waals surface area (Å²) in [4.78, 5) is 27.4. The Morgan fingerprint density at radius 1 is 1.17 bits per heavy atom. The molecule has 24 heavy (non-hydrogen) atoms. The number of urea groups is 1. The van der Waals surface area contributed by atoms with Gasteiger partial charge in [0, 0.05) is 25.2 Å². The fraction of sp³-hybridized carbons (Fsp3) is 0.889. The number of carbonyl (C=O) groups is 2. The van der Waals surface area contributed by atoms with Crippen molar-refractivity contribution in [1.29, 1.82) is 0 Å². The minimum atomic E-state index is -0.790. The van der Waals surface area contributed by atoms with Crippen LogP contribution < -0.4 is 5.32 Å². The molecule has 2 N–H and O–H groups in total. The number of carboxylic acid groups (broad SMARTS) is 1. The highest BCUT2D eigenvalue weighted by atomic mass is 16.4. The third kappa shape index (κ3) is 4.85. The van der Waals surface area contributed by atoms with E-state index in [9.17, 15) is 9.59 Å². The lowest BCUT2D eigenvalue weighted by Gasteiger charge is -2.48. The van der Waals surface area contributed by atoms with Crippen molar-refractivity contribution in [3.05, 3.63) is 0 Å². The molecule has 138 valence electrons. The van der Waals surface area contributed by atoms with E-state index in [1.54, 1.807) is 0 Å². The van der Waals surface area contributed by atoms with Crippen LogP contribution in [0.25, 0.3) is 0 Å². The summed E-state index contributed by atoms with van der Waals surface area (Å²) in [6.07, 6.45) is 2.80. The Kier molecular flexibility index (Phi) is 5.47. The highest BCUT2D eigenvalue weighted by molar-refractivity contribution is 5.75. The van der Waals surface area contributed by atoms with E-state index in [0.29, 0.717) is 0 Å². The van der Waals surface area contributed by atoms with Crippen molar-refractivity contribution in [3.63, 3.8) is 0 Å². The summed E-state index contributed by atoms with van der Waals surface area (Å²) in [7, 11) is 0. The zero-order valence-corrected chi connectivity index (χ0v) is 15.8. The predicted octanol–water partition coefficient (Wildman–Crippen LogP) is 2.39. The van der Waals surface area contributed by atoms with Crippen LogP contribution in [-0.4, -0.2) is 65.2 Å². The molecular formula is C18H33N3O3. The van der Waals surface area contributed by atoms with Crippen molar-refractivity contribution in [2.75, 3.05) is 26.2 Å². The molecule has 1 saturated carbocycles. The monoisotopic (exact) mass is 339 g/mol. The number of likely N-dealkylation sites (tertiary alicyclic amines) is 1. The number of piperidine rings is 1. The number of hydrogen-bond donors (Lipinski definition) is 2. The predicted molar refractivity (Wildman–Crippen MR) is 94.0 cm³/mol. The van der Waals surface area contributed by atoms with Crippen LogP contribution in [0.1, 0.15) is 53.9 Å². The molecule has 0 spiro atoms. The molecule has 0 aromatic heterocycles. The van der Waals surface area contributed by atoms with Gasteiger partial charge in [-0.25, -0.2) is 4.79 Å². The molecule has 0 unspecified atom stereocenters. The number of carbonyl (C=O) groups excluding carboxylic acids is 1. The van der Waals surface area contributed by atoms with Crippen LogP contribution in [0.3, 0.4) is 0 Å². The SMILES string of the molecule is CCN(CC(=O)O)C1CC(NC(=O)N2CC(C)(C)CC(C)(C)C2)C1. The van der Waals surface area contributed by atoms with Crippen LogP contribution >= 0.6 is 0 Å². The fourth-order valence-corrected chi connectivity index (χ4v) is 4.58. The van der Waals surface area contributed by atoms with Gasteiger partial charge in [-0.05, 0) is 36.6 Å². The van der Waals surface area contributed by atoms with E-state index >= 15 is 0 Å². The van der Waals surface area contributed by atoms with Gasteiger partial charge in [-0.3, -0.25) is 9.69 Å². The molecule has 6 heteroatoms. The fourth-order valence-electron chi connectivity index (χ4n) is 4.58. The van der Waals surface area contributed by atoms with Gasteiger partial charge < -0.3 is 15.3 Å². The zero-order chi connectivity index (χ0) is 18.1. The summed E-state index contributed by atoms with van der Waals surface area (Å²) in [6.45, 7) is 13.3. The van der Waals surface area contributed by atoms with Gasteiger partial charge in [0.1, 0.15) is 0 Å². The molecule has 6 nitrogen and oxygen atoms in total. The molecule has 0 radical (unpaired) electrons. The summed E-state index contributed by atoms with van der Waals surface area (Å²) in [5.41, 5.74) is 0.281. The molecule has 1 aliphatic heterocycles. The van der Waals surface area contributed by atoms with Gasteiger partial charge >= 0.3 is 12.0 Å². The maximum atomic E-state index is 12.6. The van der Waals surface area contributed by atoms with Gasteiger partial charge in [0.2, 0.25) is 0 Å². The summed E-state index contributed by atoms with van der Waals surface area (Å²) in [5.74, 6) is -0.790. The number of likely N-dealkylation sites (N-methyl/N-ethyl adjacent to an activating group) is 1. The summed E-state index contributed by atoms with van der Waals surface area (Å²) in [5, 5.41) is 12.1. The quantitative estimate of drug-likeness (QED) is 0.807. The van der Waals surface area contributed by atoms with Crippen molar-refractivity contribution in [1.82, 2.24) is 15.1 Å². The van der Waals surface area contributed by atoms with Gasteiger partial charge in [-0.2, -0.15) is 0 Å². The average molecular weight is 339 g/mol. The molecule has 0 atom stereocenters. The first kappa shape index (κ1) is 19.0. The van der Waals surface area contributed by atoms with E-state index in [1.807, 2.05) is 16.7 Å².